The van der Waals surface area contributed by atoms with E-state index < -0.39 is 10.0 Å². The van der Waals surface area contributed by atoms with Crippen molar-refractivity contribution >= 4 is 20.8 Å². The standard InChI is InChI=1S/C15H15N3O2S/c1-18-9-8-14(17-18)11-16-21(19,20)15-7-6-12-4-2-3-5-13(12)10-15/h2-10,16H,11H2,1H3. The molecule has 0 atom stereocenters. The van der Waals surface area contributed by atoms with Gasteiger partial charge in [0.1, 0.15) is 0 Å². The molecule has 2 aromatic carbocycles. The highest BCUT2D eigenvalue weighted by molar-refractivity contribution is 7.89. The Hall–Kier alpha value is -2.18. The molecule has 5 nitrogen and oxygen atoms in total. The maximum absolute atomic E-state index is 12.3. The average Bonchev–Trinajstić information content (AvgIpc) is 2.90. The van der Waals surface area contributed by atoms with Crippen molar-refractivity contribution in [2.24, 2.45) is 7.05 Å². The summed E-state index contributed by atoms with van der Waals surface area (Å²) in [6.45, 7) is 0.177. The molecule has 108 valence electrons. The highest BCUT2D eigenvalue weighted by Gasteiger charge is 2.14. The fourth-order valence-electron chi connectivity index (χ4n) is 2.14. The SMILES string of the molecule is Cn1ccc(CNS(=O)(=O)c2ccc3ccccc3c2)n1. The molecule has 1 N–H and O–H groups in total. The summed E-state index contributed by atoms with van der Waals surface area (Å²) in [7, 11) is -1.75. The smallest absolute Gasteiger partial charge is 0.240 e. The lowest BCUT2D eigenvalue weighted by atomic mass is 10.1. The van der Waals surface area contributed by atoms with Gasteiger partial charge in [-0.25, -0.2) is 13.1 Å². The molecule has 1 heterocycles. The summed E-state index contributed by atoms with van der Waals surface area (Å²) in [5.41, 5.74) is 0.682. The third kappa shape index (κ3) is 2.96. The van der Waals surface area contributed by atoms with Crippen LogP contribution in [0, 0.1) is 0 Å². The highest BCUT2D eigenvalue weighted by Crippen LogP contribution is 2.18. The normalized spacial score (nSPS) is 11.9. The van der Waals surface area contributed by atoms with E-state index in [4.69, 9.17) is 0 Å². The summed E-state index contributed by atoms with van der Waals surface area (Å²) >= 11 is 0. The number of nitrogens with zero attached hydrogens (tertiary/aromatic N) is 2. The van der Waals surface area contributed by atoms with Crippen molar-refractivity contribution in [2.45, 2.75) is 11.4 Å². The van der Waals surface area contributed by atoms with Gasteiger partial charge in [0.05, 0.1) is 17.1 Å². The van der Waals surface area contributed by atoms with Crippen LogP contribution in [0.15, 0.2) is 59.6 Å². The van der Waals surface area contributed by atoms with E-state index in [0.717, 1.165) is 10.8 Å². The van der Waals surface area contributed by atoms with Crippen molar-refractivity contribution in [3.05, 3.63) is 60.4 Å². The number of hydrogen-bond donors (Lipinski definition) is 1. The average molecular weight is 301 g/mol. The van der Waals surface area contributed by atoms with E-state index in [1.165, 1.54) is 0 Å². The molecule has 0 aliphatic carbocycles. The Balaban J connectivity index is 1.85. The van der Waals surface area contributed by atoms with Gasteiger partial charge in [-0.2, -0.15) is 5.10 Å². The lowest BCUT2D eigenvalue weighted by Crippen LogP contribution is -2.23. The molecule has 21 heavy (non-hydrogen) atoms. The lowest BCUT2D eigenvalue weighted by molar-refractivity contribution is 0.579. The maximum atomic E-state index is 12.3. The van der Waals surface area contributed by atoms with E-state index in [2.05, 4.69) is 9.82 Å². The van der Waals surface area contributed by atoms with Crippen LogP contribution in [0.1, 0.15) is 5.69 Å². The minimum atomic E-state index is -3.54. The number of aromatic nitrogens is 2. The predicted molar refractivity (Wildman–Crippen MR) is 81.2 cm³/mol. The fourth-order valence-corrected chi connectivity index (χ4v) is 3.18. The monoisotopic (exact) mass is 301 g/mol. The molecular formula is C15H15N3O2S. The van der Waals surface area contributed by atoms with E-state index in [9.17, 15) is 8.42 Å². The van der Waals surface area contributed by atoms with Gasteiger partial charge < -0.3 is 0 Å². The quantitative estimate of drug-likeness (QED) is 0.802. The molecule has 3 rings (SSSR count). The van der Waals surface area contributed by atoms with E-state index >= 15 is 0 Å². The van der Waals surface area contributed by atoms with Gasteiger partial charge in [-0.3, -0.25) is 4.68 Å². The molecule has 0 amide bonds. The predicted octanol–water partition coefficient (Wildman–Crippen LogP) is 2.05. The van der Waals surface area contributed by atoms with Crippen LogP contribution in [0.25, 0.3) is 10.8 Å². The number of sulfonamides is 1. The number of aryl methyl sites for hydroxylation is 1. The van der Waals surface area contributed by atoms with Gasteiger partial charge in [0.15, 0.2) is 0 Å². The Labute approximate surface area is 123 Å². The summed E-state index contributed by atoms with van der Waals surface area (Å²) in [5, 5.41) is 6.06. The Bertz CT molecular complexity index is 885. The summed E-state index contributed by atoms with van der Waals surface area (Å²) in [5.74, 6) is 0. The van der Waals surface area contributed by atoms with Gasteiger partial charge in [0, 0.05) is 13.2 Å². The topological polar surface area (TPSA) is 64.0 Å². The first-order valence-electron chi connectivity index (χ1n) is 6.52. The molecular weight excluding hydrogens is 286 g/mol. The second-order valence-electron chi connectivity index (χ2n) is 4.81. The van der Waals surface area contributed by atoms with Crippen LogP contribution < -0.4 is 4.72 Å². The molecule has 0 spiro atoms. The van der Waals surface area contributed by atoms with Crippen LogP contribution >= 0.6 is 0 Å². The Morgan fingerprint density at radius 1 is 1.10 bits per heavy atom. The van der Waals surface area contributed by atoms with E-state index in [1.54, 1.807) is 36.1 Å². The Morgan fingerprint density at radius 2 is 1.86 bits per heavy atom. The van der Waals surface area contributed by atoms with Gasteiger partial charge >= 0.3 is 0 Å². The lowest BCUT2D eigenvalue weighted by Gasteiger charge is -2.06. The molecule has 0 fully saturated rings. The largest absolute Gasteiger partial charge is 0.276 e. The first kappa shape index (κ1) is 13.8. The molecule has 0 aliphatic rings. The van der Waals surface area contributed by atoms with Crippen molar-refractivity contribution in [2.75, 3.05) is 0 Å². The van der Waals surface area contributed by atoms with Crippen LogP contribution in [0.3, 0.4) is 0 Å². The summed E-state index contributed by atoms with van der Waals surface area (Å²) < 4.78 is 28.8. The number of hydrogen-bond acceptors (Lipinski definition) is 3. The van der Waals surface area contributed by atoms with Gasteiger partial charge in [-0.1, -0.05) is 30.3 Å². The second kappa shape index (κ2) is 5.31. The minimum absolute atomic E-state index is 0.177. The summed E-state index contributed by atoms with van der Waals surface area (Å²) in [4.78, 5) is 0.261. The van der Waals surface area contributed by atoms with Gasteiger partial charge in [-0.15, -0.1) is 0 Å². The van der Waals surface area contributed by atoms with Crippen LogP contribution in [-0.4, -0.2) is 18.2 Å². The van der Waals surface area contributed by atoms with Gasteiger partial charge in [0.2, 0.25) is 10.0 Å². The maximum Gasteiger partial charge on any atom is 0.240 e. The van der Waals surface area contributed by atoms with Crippen molar-refractivity contribution in [3.63, 3.8) is 0 Å². The van der Waals surface area contributed by atoms with E-state index in [0.29, 0.717) is 5.69 Å². The molecule has 0 aliphatic heterocycles. The van der Waals surface area contributed by atoms with Crippen molar-refractivity contribution < 1.29 is 8.42 Å². The van der Waals surface area contributed by atoms with Crippen LogP contribution in [0.4, 0.5) is 0 Å². The number of rotatable bonds is 4. The van der Waals surface area contributed by atoms with Crippen LogP contribution in [0.2, 0.25) is 0 Å². The zero-order chi connectivity index (χ0) is 14.9. The van der Waals surface area contributed by atoms with Gasteiger partial charge in [-0.05, 0) is 29.0 Å². The van der Waals surface area contributed by atoms with Crippen LogP contribution in [0.5, 0.6) is 0 Å². The zero-order valence-corrected chi connectivity index (χ0v) is 12.3. The molecule has 0 bridgehead atoms. The van der Waals surface area contributed by atoms with Crippen molar-refractivity contribution in [1.29, 1.82) is 0 Å². The summed E-state index contributed by atoms with van der Waals surface area (Å²) in [6.07, 6.45) is 1.78. The Morgan fingerprint density at radius 3 is 2.57 bits per heavy atom. The van der Waals surface area contributed by atoms with Gasteiger partial charge in [0.25, 0.3) is 0 Å². The molecule has 0 saturated heterocycles. The minimum Gasteiger partial charge on any atom is -0.276 e. The van der Waals surface area contributed by atoms with Crippen molar-refractivity contribution in [1.82, 2.24) is 14.5 Å². The molecule has 3 aromatic rings. The molecule has 1 aromatic heterocycles. The number of benzene rings is 2. The first-order valence-corrected chi connectivity index (χ1v) is 8.00. The molecule has 0 unspecified atom stereocenters. The third-order valence-corrected chi connectivity index (χ3v) is 4.64. The molecule has 0 saturated carbocycles. The molecule has 6 heteroatoms. The third-order valence-electron chi connectivity index (χ3n) is 3.24. The zero-order valence-electron chi connectivity index (χ0n) is 11.5. The molecule has 0 radical (unpaired) electrons. The summed E-state index contributed by atoms with van der Waals surface area (Å²) in [6, 6.07) is 14.5. The van der Waals surface area contributed by atoms with Crippen LogP contribution in [-0.2, 0) is 23.6 Å². The van der Waals surface area contributed by atoms with Crippen molar-refractivity contribution in [3.8, 4) is 0 Å². The number of nitrogens with one attached hydrogen (secondary N) is 1. The van der Waals surface area contributed by atoms with E-state index in [-0.39, 0.29) is 11.4 Å². The first-order chi connectivity index (χ1) is 10.0. The van der Waals surface area contributed by atoms with E-state index in [1.807, 2.05) is 30.3 Å². The second-order valence-corrected chi connectivity index (χ2v) is 6.58. The fraction of sp³-hybridized carbons (Fsp3) is 0.133. The Kier molecular flexibility index (Phi) is 3.48. The number of fused-ring (bicyclic) bond motifs is 1. The highest BCUT2D eigenvalue weighted by atomic mass is 32.2.